The molecule has 0 bridgehead atoms. The highest BCUT2D eigenvalue weighted by Crippen LogP contribution is 2.36. The van der Waals surface area contributed by atoms with Crippen LogP contribution in [-0.2, 0) is 6.18 Å². The minimum absolute atomic E-state index is 0.373. The van der Waals surface area contributed by atoms with Crippen LogP contribution < -0.4 is 5.73 Å². The predicted molar refractivity (Wildman–Crippen MR) is 72.3 cm³/mol. The van der Waals surface area contributed by atoms with Gasteiger partial charge in [0.2, 0.25) is 0 Å². The van der Waals surface area contributed by atoms with Crippen molar-refractivity contribution in [2.45, 2.75) is 6.18 Å². The summed E-state index contributed by atoms with van der Waals surface area (Å²) in [5, 5.41) is 0. The Bertz CT molecular complexity index is 763. The monoisotopic (exact) mass is 295 g/mol. The number of rotatable bonds is 1. The highest BCUT2D eigenvalue weighted by Gasteiger charge is 2.30. The number of halogens is 3. The first kappa shape index (κ1) is 12.9. The van der Waals surface area contributed by atoms with Crippen molar-refractivity contribution in [2.24, 2.45) is 0 Å². The summed E-state index contributed by atoms with van der Waals surface area (Å²) in [7, 11) is 0. The number of benzene rings is 1. The Balaban J connectivity index is 2.05. The van der Waals surface area contributed by atoms with E-state index >= 15 is 0 Å². The van der Waals surface area contributed by atoms with Gasteiger partial charge < -0.3 is 5.73 Å². The van der Waals surface area contributed by atoms with Crippen molar-refractivity contribution in [1.82, 2.24) is 9.97 Å². The van der Waals surface area contributed by atoms with Gasteiger partial charge in [0.25, 0.3) is 0 Å². The van der Waals surface area contributed by atoms with E-state index < -0.39 is 11.7 Å². The third-order valence-electron chi connectivity index (χ3n) is 2.84. The van der Waals surface area contributed by atoms with Crippen LogP contribution in [0.4, 0.5) is 19.0 Å². The number of nitrogens with two attached hydrogens (primary N) is 1. The van der Waals surface area contributed by atoms with E-state index in [0.29, 0.717) is 16.9 Å². The number of nitrogens with zero attached hydrogens (tertiary/aromatic N) is 2. The van der Waals surface area contributed by atoms with Crippen molar-refractivity contribution in [1.29, 1.82) is 0 Å². The maximum Gasteiger partial charge on any atom is 0.416 e. The molecule has 2 N–H and O–H groups in total. The summed E-state index contributed by atoms with van der Waals surface area (Å²) < 4.78 is 38.3. The zero-order chi connectivity index (χ0) is 14.3. The van der Waals surface area contributed by atoms with E-state index in [2.05, 4.69) is 9.97 Å². The normalized spacial score (nSPS) is 11.9. The number of nitrogen functional groups attached to an aromatic ring is 1. The predicted octanol–water partition coefficient (Wildman–Crippen LogP) is 3.96. The van der Waals surface area contributed by atoms with Crippen LogP contribution in [0.25, 0.3) is 20.7 Å². The van der Waals surface area contributed by atoms with Gasteiger partial charge in [0.15, 0.2) is 0 Å². The largest absolute Gasteiger partial charge is 0.416 e. The second kappa shape index (κ2) is 4.45. The summed E-state index contributed by atoms with van der Waals surface area (Å²) in [6.45, 7) is 0. The summed E-state index contributed by atoms with van der Waals surface area (Å²) in [4.78, 5) is 8.78. The number of aromatic nitrogens is 2. The molecule has 0 aliphatic rings. The summed E-state index contributed by atoms with van der Waals surface area (Å²) >= 11 is 1.36. The topological polar surface area (TPSA) is 51.8 Å². The van der Waals surface area contributed by atoms with Crippen LogP contribution in [-0.4, -0.2) is 9.97 Å². The highest BCUT2D eigenvalue weighted by molar-refractivity contribution is 7.22. The molecule has 2 heterocycles. The average Bonchev–Trinajstić information content (AvgIpc) is 2.83. The van der Waals surface area contributed by atoms with Gasteiger partial charge in [-0.1, -0.05) is 12.1 Å². The molecule has 1 aromatic carbocycles. The van der Waals surface area contributed by atoms with Gasteiger partial charge in [-0.2, -0.15) is 13.2 Å². The van der Waals surface area contributed by atoms with Gasteiger partial charge in [0.1, 0.15) is 12.1 Å². The number of anilines is 1. The number of hydrogen-bond donors (Lipinski definition) is 1. The molecule has 0 aliphatic carbocycles. The van der Waals surface area contributed by atoms with E-state index in [-0.39, 0.29) is 0 Å². The lowest BCUT2D eigenvalue weighted by atomic mass is 10.1. The van der Waals surface area contributed by atoms with Crippen LogP contribution in [0.1, 0.15) is 5.56 Å². The van der Waals surface area contributed by atoms with Gasteiger partial charge in [0.05, 0.1) is 15.8 Å². The zero-order valence-corrected chi connectivity index (χ0v) is 10.8. The van der Waals surface area contributed by atoms with Crippen molar-refractivity contribution >= 4 is 27.4 Å². The molecule has 0 saturated heterocycles. The van der Waals surface area contributed by atoms with Gasteiger partial charge in [-0.15, -0.1) is 11.3 Å². The van der Waals surface area contributed by atoms with E-state index in [1.807, 2.05) is 0 Å². The Morgan fingerprint density at radius 2 is 1.75 bits per heavy atom. The highest BCUT2D eigenvalue weighted by atomic mass is 32.1. The smallest absolute Gasteiger partial charge is 0.382 e. The van der Waals surface area contributed by atoms with Crippen LogP contribution in [0.2, 0.25) is 0 Å². The van der Waals surface area contributed by atoms with Gasteiger partial charge >= 0.3 is 6.18 Å². The zero-order valence-electron chi connectivity index (χ0n) is 9.98. The molecule has 3 aromatic rings. The molecule has 0 spiro atoms. The van der Waals surface area contributed by atoms with Gasteiger partial charge in [-0.3, -0.25) is 0 Å². The van der Waals surface area contributed by atoms with Crippen molar-refractivity contribution < 1.29 is 13.2 Å². The average molecular weight is 295 g/mol. The summed E-state index contributed by atoms with van der Waals surface area (Å²) in [5.41, 5.74) is 6.46. The Morgan fingerprint density at radius 3 is 2.35 bits per heavy atom. The lowest BCUT2D eigenvalue weighted by molar-refractivity contribution is -0.137. The standard InChI is InChI=1S/C13H8F3N3S/c14-13(15,16)8-3-1-7(2-4-8)10-5-9-11(20-10)12(17)19-6-18-9/h1-6H,(H2,17,18,19). The Kier molecular flexibility index (Phi) is 2.86. The van der Waals surface area contributed by atoms with Crippen molar-refractivity contribution in [3.8, 4) is 10.4 Å². The van der Waals surface area contributed by atoms with Crippen LogP contribution in [0, 0.1) is 0 Å². The second-order valence-corrected chi connectivity index (χ2v) is 5.21. The number of alkyl halides is 3. The molecule has 0 fully saturated rings. The molecule has 3 nitrogen and oxygen atoms in total. The fraction of sp³-hybridized carbons (Fsp3) is 0.0769. The molecule has 20 heavy (non-hydrogen) atoms. The van der Waals surface area contributed by atoms with Crippen molar-refractivity contribution in [3.63, 3.8) is 0 Å². The molecule has 0 radical (unpaired) electrons. The van der Waals surface area contributed by atoms with Crippen LogP contribution >= 0.6 is 11.3 Å². The fourth-order valence-corrected chi connectivity index (χ4v) is 2.86. The number of thiophene rings is 1. The Hall–Kier alpha value is -2.15. The molecule has 0 amide bonds. The molecular weight excluding hydrogens is 287 g/mol. The summed E-state index contributed by atoms with van der Waals surface area (Å²) in [5.74, 6) is 0.373. The molecule has 102 valence electrons. The second-order valence-electron chi connectivity index (χ2n) is 4.16. The van der Waals surface area contributed by atoms with Crippen molar-refractivity contribution in [3.05, 3.63) is 42.2 Å². The molecule has 0 atom stereocenters. The SMILES string of the molecule is Nc1ncnc2cc(-c3ccc(C(F)(F)F)cc3)sc12. The first-order valence-corrected chi connectivity index (χ1v) is 6.44. The quantitative estimate of drug-likeness (QED) is 0.739. The van der Waals surface area contributed by atoms with Gasteiger partial charge in [-0.25, -0.2) is 9.97 Å². The fourth-order valence-electron chi connectivity index (χ4n) is 1.84. The van der Waals surface area contributed by atoms with Crippen LogP contribution in [0.15, 0.2) is 36.7 Å². The molecule has 2 aromatic heterocycles. The maximum absolute atomic E-state index is 12.5. The Morgan fingerprint density at radius 1 is 1.05 bits per heavy atom. The molecule has 0 unspecified atom stereocenters. The molecular formula is C13H8F3N3S. The van der Waals surface area contributed by atoms with Crippen molar-refractivity contribution in [2.75, 3.05) is 5.73 Å². The molecule has 0 saturated carbocycles. The van der Waals surface area contributed by atoms with E-state index in [1.54, 1.807) is 6.07 Å². The molecule has 0 aliphatic heterocycles. The van der Waals surface area contributed by atoms with E-state index in [9.17, 15) is 13.2 Å². The third kappa shape index (κ3) is 2.20. The lowest BCUT2D eigenvalue weighted by Gasteiger charge is -2.06. The summed E-state index contributed by atoms with van der Waals surface area (Å²) in [6, 6.07) is 6.80. The van der Waals surface area contributed by atoms with E-state index in [1.165, 1.54) is 29.8 Å². The van der Waals surface area contributed by atoms with E-state index in [0.717, 1.165) is 21.7 Å². The first-order chi connectivity index (χ1) is 9.45. The summed E-state index contributed by atoms with van der Waals surface area (Å²) in [6.07, 6.45) is -2.96. The number of fused-ring (bicyclic) bond motifs is 1. The van der Waals surface area contributed by atoms with Crippen LogP contribution in [0.3, 0.4) is 0 Å². The minimum atomic E-state index is -4.32. The lowest BCUT2D eigenvalue weighted by Crippen LogP contribution is -2.03. The van der Waals surface area contributed by atoms with E-state index in [4.69, 9.17) is 5.73 Å². The number of hydrogen-bond acceptors (Lipinski definition) is 4. The third-order valence-corrected chi connectivity index (χ3v) is 4.03. The van der Waals surface area contributed by atoms with Gasteiger partial charge in [-0.05, 0) is 23.8 Å². The van der Waals surface area contributed by atoms with Gasteiger partial charge in [0, 0.05) is 4.88 Å². The molecule has 7 heteroatoms. The molecule has 3 rings (SSSR count). The Labute approximate surface area is 115 Å². The minimum Gasteiger partial charge on any atom is -0.382 e. The maximum atomic E-state index is 12.5. The first-order valence-electron chi connectivity index (χ1n) is 5.63. The van der Waals surface area contributed by atoms with Crippen LogP contribution in [0.5, 0.6) is 0 Å².